The van der Waals surface area contributed by atoms with Crippen LogP contribution in [0.5, 0.6) is 0 Å². The average Bonchev–Trinajstić information content (AvgIpc) is 3.95. The molecule has 9 rings (SSSR count). The molecule has 4 heteroatoms. The van der Waals surface area contributed by atoms with E-state index >= 15 is 0 Å². The summed E-state index contributed by atoms with van der Waals surface area (Å²) < 4.78 is 0.990. The molecule has 60 heavy (non-hydrogen) atoms. The second kappa shape index (κ2) is 15.4. The van der Waals surface area contributed by atoms with Crippen molar-refractivity contribution in [2.75, 3.05) is 0 Å². The molecule has 2 unspecified atom stereocenters. The van der Waals surface area contributed by atoms with Crippen LogP contribution >= 0.6 is 17.0 Å². The van der Waals surface area contributed by atoms with Crippen LogP contribution in [0.25, 0.3) is 45.5 Å². The molecule has 0 bridgehead atoms. The molecule has 0 radical (unpaired) electrons. The number of hydrogen-bond acceptors (Lipinski definition) is 0. The third kappa shape index (κ3) is 6.61. The third-order valence-corrected chi connectivity index (χ3v) is 36.4. The second-order valence-electron chi connectivity index (χ2n) is 19.8. The zero-order valence-corrected chi connectivity index (χ0v) is 42.1. The van der Waals surface area contributed by atoms with Crippen LogP contribution in [0.4, 0.5) is 0 Å². The summed E-state index contributed by atoms with van der Waals surface area (Å²) in [4.78, 5) is 0. The van der Waals surface area contributed by atoms with Crippen LogP contribution in [0.1, 0.15) is 109 Å². The number of aryl methyl sites for hydroxylation is 2. The van der Waals surface area contributed by atoms with Gasteiger partial charge < -0.3 is 0 Å². The monoisotopic (exact) mass is 919 g/mol. The Morgan fingerprint density at radius 3 is 1.38 bits per heavy atom. The molecule has 2 aliphatic carbocycles. The summed E-state index contributed by atoms with van der Waals surface area (Å²) in [6.45, 7) is 18.9. The van der Waals surface area contributed by atoms with Crippen molar-refractivity contribution in [1.29, 1.82) is 0 Å². The molecule has 6 aromatic rings. The fourth-order valence-electron chi connectivity index (χ4n) is 11.3. The van der Waals surface area contributed by atoms with Gasteiger partial charge in [0.25, 0.3) is 0 Å². The van der Waals surface area contributed by atoms with E-state index in [1.807, 2.05) is 0 Å². The first kappa shape index (κ1) is 41.8. The minimum atomic E-state index is -5.77. The van der Waals surface area contributed by atoms with E-state index in [2.05, 4.69) is 195 Å². The molecule has 2 atom stereocenters. The Kier molecular flexibility index (Phi) is 10.7. The fraction of sp³-hybridized carbons (Fsp3) is 0.286. The van der Waals surface area contributed by atoms with E-state index in [0.29, 0.717) is 0 Å². The molecular weight excluding hydrogens is 863 g/mol. The van der Waals surface area contributed by atoms with Gasteiger partial charge in [0.2, 0.25) is 0 Å². The first-order valence-electron chi connectivity index (χ1n) is 22.3. The molecular formula is C56H59Cl2SiZr. The summed E-state index contributed by atoms with van der Waals surface area (Å²) in [5, 5.41) is 2.96. The summed E-state index contributed by atoms with van der Waals surface area (Å²) >= 11 is -5.77. The van der Waals surface area contributed by atoms with Crippen LogP contribution in [-0.2, 0) is 29.2 Å². The van der Waals surface area contributed by atoms with Gasteiger partial charge in [0.05, 0.1) is 0 Å². The maximum atomic E-state index is 9.49. The van der Waals surface area contributed by atoms with Gasteiger partial charge >= 0.3 is 373 Å². The molecule has 0 aromatic heterocycles. The quantitative estimate of drug-likeness (QED) is 0.127. The Labute approximate surface area is 370 Å². The van der Waals surface area contributed by atoms with Crippen LogP contribution in [0.15, 0.2) is 139 Å². The van der Waals surface area contributed by atoms with E-state index in [1.165, 1.54) is 91.6 Å². The molecule has 6 aromatic carbocycles. The van der Waals surface area contributed by atoms with Crippen LogP contribution < -0.4 is 13.6 Å². The van der Waals surface area contributed by atoms with Crippen molar-refractivity contribution < 1.29 is 16.4 Å². The number of benzene rings is 6. The van der Waals surface area contributed by atoms with Gasteiger partial charge in [-0.3, -0.25) is 0 Å². The Hall–Kier alpha value is -3.52. The average molecular weight is 922 g/mol. The van der Waals surface area contributed by atoms with Gasteiger partial charge in [-0.2, -0.15) is 0 Å². The maximum absolute atomic E-state index is 9.49. The number of halogens is 2. The van der Waals surface area contributed by atoms with Gasteiger partial charge in [0.1, 0.15) is 0 Å². The number of fused-ring (bicyclic) bond motifs is 5. The van der Waals surface area contributed by atoms with Crippen molar-refractivity contribution in [3.05, 3.63) is 172 Å². The van der Waals surface area contributed by atoms with Crippen molar-refractivity contribution >= 4 is 52.3 Å². The Bertz CT molecular complexity index is 2600. The molecule has 0 spiro atoms. The molecule has 0 N–H and O–H groups in total. The summed E-state index contributed by atoms with van der Waals surface area (Å²) in [5.74, 6) is 0. The van der Waals surface area contributed by atoms with Crippen molar-refractivity contribution in [2.45, 2.75) is 88.3 Å². The summed E-state index contributed by atoms with van der Waals surface area (Å²) in [7, 11) is 18.1. The molecule has 0 saturated heterocycles. The van der Waals surface area contributed by atoms with Gasteiger partial charge in [-0.15, -0.1) is 0 Å². The molecule has 1 heterocycles. The Balaban J connectivity index is 1.40. The SMILES string of the molecule is CCCc1ccccc1-c1cccc2c1C=C(C(C)(C)C)[CH]2[Zr]([Cl])([Cl])([c]1cccc2c1[SiH2]c1ccccc1-2)[CH]1C(C(C)(C)C)=Cc2c(-c3ccccc3CCC)cccc21. The van der Waals surface area contributed by atoms with Crippen molar-refractivity contribution in [2.24, 2.45) is 10.8 Å². The molecule has 0 fully saturated rings. The Morgan fingerprint density at radius 2 is 0.900 bits per heavy atom. The van der Waals surface area contributed by atoms with E-state index in [-0.39, 0.29) is 18.1 Å². The van der Waals surface area contributed by atoms with E-state index < -0.39 is 25.9 Å². The second-order valence-corrected chi connectivity index (χ2v) is 42.2. The van der Waals surface area contributed by atoms with Crippen LogP contribution in [0, 0.1) is 10.8 Å². The predicted octanol–water partition coefficient (Wildman–Crippen LogP) is 14.0. The molecule has 0 saturated carbocycles. The number of allylic oxidation sites excluding steroid dienone is 2. The van der Waals surface area contributed by atoms with Crippen molar-refractivity contribution in [3.8, 4) is 33.4 Å². The minimum absolute atomic E-state index is 0.148. The van der Waals surface area contributed by atoms with Gasteiger partial charge in [0, 0.05) is 0 Å². The normalized spacial score (nSPS) is 18.0. The summed E-state index contributed by atoms with van der Waals surface area (Å²) in [6.07, 6.45) is 9.36. The molecule has 305 valence electrons. The Morgan fingerprint density at radius 1 is 0.483 bits per heavy atom. The van der Waals surface area contributed by atoms with Crippen LogP contribution in [-0.4, -0.2) is 9.52 Å². The molecule has 0 amide bonds. The fourth-order valence-corrected chi connectivity index (χ4v) is 39.7. The van der Waals surface area contributed by atoms with E-state index in [1.54, 1.807) is 0 Å². The van der Waals surface area contributed by atoms with Gasteiger partial charge in [-0.05, 0) is 0 Å². The topological polar surface area (TPSA) is 0 Å². The molecule has 1 aliphatic heterocycles. The zero-order valence-electron chi connectivity index (χ0n) is 36.7. The first-order chi connectivity index (χ1) is 28.7. The van der Waals surface area contributed by atoms with Gasteiger partial charge in [-0.1, -0.05) is 0 Å². The van der Waals surface area contributed by atoms with E-state index in [4.69, 9.17) is 0 Å². The molecule has 0 nitrogen and oxygen atoms in total. The number of hydrogen-bond donors (Lipinski definition) is 0. The van der Waals surface area contributed by atoms with Crippen LogP contribution in [0.3, 0.4) is 0 Å². The van der Waals surface area contributed by atoms with Gasteiger partial charge in [-0.25, -0.2) is 0 Å². The zero-order chi connectivity index (χ0) is 42.2. The van der Waals surface area contributed by atoms with E-state index in [9.17, 15) is 17.0 Å². The predicted molar refractivity (Wildman–Crippen MR) is 263 cm³/mol. The molecule has 3 aliphatic rings. The standard InChI is InChI=1S/2C22H25.C12H9Si.2ClH.Zr/c2*1-5-9-16-10-6-7-12-19(16)20-13-8-11-17-14-18(15-21(17)20)22(2,3)4;1-3-7-11-9(5-1)10-6-2-4-8-12(10)13-11;;;/h2*6-8,10-15H,5,9H2,1-4H3;1-7H,13H2;2*1H;/q;;;;;+2/p-2. The van der Waals surface area contributed by atoms with Crippen molar-refractivity contribution in [1.82, 2.24) is 0 Å². The van der Waals surface area contributed by atoms with Gasteiger partial charge in [0.15, 0.2) is 0 Å². The van der Waals surface area contributed by atoms with E-state index in [0.717, 1.165) is 25.7 Å². The first-order valence-corrected chi connectivity index (χ1v) is 34.1. The third-order valence-electron chi connectivity index (χ3n) is 13.9. The summed E-state index contributed by atoms with van der Waals surface area (Å²) in [6, 6.07) is 48.2. The van der Waals surface area contributed by atoms with Crippen molar-refractivity contribution in [3.63, 3.8) is 0 Å². The summed E-state index contributed by atoms with van der Waals surface area (Å²) in [5.41, 5.74) is 18.3. The number of rotatable bonds is 9. The van der Waals surface area contributed by atoms with Crippen LogP contribution in [0.2, 0.25) is 0 Å².